The molecule has 6 nitrogen and oxygen atoms in total. The van der Waals surface area contributed by atoms with Crippen molar-refractivity contribution >= 4 is 16.0 Å². The van der Waals surface area contributed by atoms with Crippen molar-refractivity contribution in [3.05, 3.63) is 60.8 Å². The van der Waals surface area contributed by atoms with Crippen LogP contribution in [0.2, 0.25) is 0 Å². The number of amides is 1. The van der Waals surface area contributed by atoms with Gasteiger partial charge in [-0.2, -0.15) is 8.42 Å². The fraction of sp³-hybridized carbons (Fsp3) is 0.744. The van der Waals surface area contributed by atoms with E-state index in [4.69, 9.17) is 0 Å². The maximum absolute atomic E-state index is 12.5. The molecule has 0 spiro atoms. The number of allylic oxidation sites excluding steroid dienone is 9. The Morgan fingerprint density at radius 1 is 0.560 bits per heavy atom. The monoisotopic (exact) mass is 720 g/mol. The summed E-state index contributed by atoms with van der Waals surface area (Å²) in [4.78, 5) is 12.5. The molecule has 3 N–H and O–H groups in total. The Morgan fingerprint density at radius 3 is 1.50 bits per heavy atom. The molecule has 0 aromatic rings. The first-order chi connectivity index (χ1) is 24.3. The van der Waals surface area contributed by atoms with Crippen LogP contribution in [0.5, 0.6) is 0 Å². The number of hydrogen-bond donors (Lipinski definition) is 3. The molecule has 0 aliphatic rings. The van der Waals surface area contributed by atoms with Crippen LogP contribution in [0, 0.1) is 0 Å². The summed E-state index contributed by atoms with van der Waals surface area (Å²) >= 11 is 0. The Balaban J connectivity index is 4.00. The van der Waals surface area contributed by atoms with Crippen molar-refractivity contribution in [1.82, 2.24) is 5.32 Å². The lowest BCUT2D eigenvalue weighted by molar-refractivity contribution is -0.122. The lowest BCUT2D eigenvalue weighted by Gasteiger charge is -2.21. The van der Waals surface area contributed by atoms with Gasteiger partial charge in [0.2, 0.25) is 5.91 Å². The average molecular weight is 720 g/mol. The first kappa shape index (κ1) is 48.0. The molecule has 0 aliphatic carbocycles. The Kier molecular flexibility index (Phi) is 35.4. The van der Waals surface area contributed by atoms with Gasteiger partial charge in [-0.3, -0.25) is 9.35 Å². The highest BCUT2D eigenvalue weighted by molar-refractivity contribution is 7.85. The zero-order valence-corrected chi connectivity index (χ0v) is 33.1. The zero-order chi connectivity index (χ0) is 36.8. The maximum atomic E-state index is 12.5. The predicted molar refractivity (Wildman–Crippen MR) is 216 cm³/mol. The standard InChI is InChI=1S/C43H77NO5S/c1-3-5-7-9-11-13-15-17-19-20-21-22-23-25-26-28-30-32-34-36-38-42(45)41(40-50(47,48)49)44-43(46)39-37-35-33-31-29-27-24-18-16-14-12-10-8-6-4-2/h6,8,12,14,18,24,28,30,36,38,41-42,45H,3-5,7,9-11,13,15-17,19-23,25-27,29,31-35,37,39-40H2,1-2H3,(H,44,46)(H,47,48,49)/b8-6-,14-12-,24-18-,30-28+,38-36+. The van der Waals surface area contributed by atoms with Crippen molar-refractivity contribution in [2.24, 2.45) is 0 Å². The van der Waals surface area contributed by atoms with Gasteiger partial charge in [0, 0.05) is 6.42 Å². The minimum atomic E-state index is -4.36. The van der Waals surface area contributed by atoms with Crippen LogP contribution in [-0.2, 0) is 14.9 Å². The molecule has 0 radical (unpaired) electrons. The van der Waals surface area contributed by atoms with Crippen LogP contribution >= 0.6 is 0 Å². The van der Waals surface area contributed by atoms with Crippen LogP contribution in [0.4, 0.5) is 0 Å². The second-order valence-corrected chi connectivity index (χ2v) is 15.4. The molecule has 1 amide bonds. The van der Waals surface area contributed by atoms with Crippen molar-refractivity contribution < 1.29 is 22.9 Å². The number of nitrogens with one attached hydrogen (secondary N) is 1. The summed E-state index contributed by atoms with van der Waals surface area (Å²) in [7, 11) is -4.36. The number of carbonyl (C=O) groups is 1. The summed E-state index contributed by atoms with van der Waals surface area (Å²) in [6.45, 7) is 4.41. The van der Waals surface area contributed by atoms with E-state index in [1.807, 2.05) is 6.08 Å². The summed E-state index contributed by atoms with van der Waals surface area (Å²) < 4.78 is 32.5. The van der Waals surface area contributed by atoms with E-state index in [0.717, 1.165) is 64.2 Å². The van der Waals surface area contributed by atoms with E-state index in [0.29, 0.717) is 12.8 Å². The zero-order valence-electron chi connectivity index (χ0n) is 32.3. The minimum absolute atomic E-state index is 0.266. The highest BCUT2D eigenvalue weighted by Gasteiger charge is 2.24. The SMILES string of the molecule is CC/C=C\C/C=C\C/C=C\CCCCCCCC(=O)NC(CS(=O)(=O)O)C(O)/C=C/CC/C=C/CCCCCCCCCCCCCCCC. The van der Waals surface area contributed by atoms with Crippen molar-refractivity contribution in [3.8, 4) is 0 Å². The topological polar surface area (TPSA) is 104 Å². The molecule has 0 aromatic heterocycles. The van der Waals surface area contributed by atoms with E-state index in [2.05, 4.69) is 67.8 Å². The first-order valence-corrected chi connectivity index (χ1v) is 22.1. The number of hydrogen-bond acceptors (Lipinski definition) is 4. The van der Waals surface area contributed by atoms with Gasteiger partial charge in [0.25, 0.3) is 10.1 Å². The van der Waals surface area contributed by atoms with Crippen LogP contribution < -0.4 is 5.32 Å². The van der Waals surface area contributed by atoms with Crippen molar-refractivity contribution in [3.63, 3.8) is 0 Å². The summed E-state index contributed by atoms with van der Waals surface area (Å²) in [6, 6.07) is -1.08. The molecule has 0 aliphatic heterocycles. The Bertz CT molecular complexity index is 1010. The molecule has 7 heteroatoms. The van der Waals surface area contributed by atoms with Crippen LogP contribution in [0.15, 0.2) is 60.8 Å². The molecule has 2 unspecified atom stereocenters. The maximum Gasteiger partial charge on any atom is 0.267 e. The normalized spacial score (nSPS) is 13.9. The highest BCUT2D eigenvalue weighted by Crippen LogP contribution is 2.14. The van der Waals surface area contributed by atoms with Gasteiger partial charge in [0.05, 0.1) is 17.9 Å². The largest absolute Gasteiger partial charge is 0.387 e. The van der Waals surface area contributed by atoms with E-state index in [-0.39, 0.29) is 12.3 Å². The average Bonchev–Trinajstić information content (AvgIpc) is 3.08. The van der Waals surface area contributed by atoms with Crippen LogP contribution in [0.1, 0.15) is 187 Å². The van der Waals surface area contributed by atoms with Gasteiger partial charge in [0.1, 0.15) is 0 Å². The molecule has 0 bridgehead atoms. The molecule has 0 saturated heterocycles. The molecule has 0 aromatic carbocycles. The Labute approximate surface area is 309 Å². The summed E-state index contributed by atoms with van der Waals surface area (Å²) in [5.41, 5.74) is 0. The fourth-order valence-electron chi connectivity index (χ4n) is 5.89. The van der Waals surface area contributed by atoms with Gasteiger partial charge >= 0.3 is 0 Å². The van der Waals surface area contributed by atoms with Gasteiger partial charge in [-0.1, -0.05) is 177 Å². The quantitative estimate of drug-likeness (QED) is 0.0340. The lowest BCUT2D eigenvalue weighted by Crippen LogP contribution is -2.46. The lowest BCUT2D eigenvalue weighted by atomic mass is 10.0. The van der Waals surface area contributed by atoms with Crippen LogP contribution in [-0.4, -0.2) is 41.9 Å². The van der Waals surface area contributed by atoms with Crippen LogP contribution in [0.3, 0.4) is 0 Å². The second kappa shape index (κ2) is 36.8. The van der Waals surface area contributed by atoms with Crippen molar-refractivity contribution in [2.45, 2.75) is 199 Å². The first-order valence-electron chi connectivity index (χ1n) is 20.5. The third-order valence-electron chi connectivity index (χ3n) is 8.93. The number of unbranched alkanes of at least 4 members (excludes halogenated alkanes) is 20. The van der Waals surface area contributed by atoms with E-state index < -0.39 is 28.0 Å². The minimum Gasteiger partial charge on any atom is -0.387 e. The van der Waals surface area contributed by atoms with Crippen molar-refractivity contribution in [1.29, 1.82) is 0 Å². The summed E-state index contributed by atoms with van der Waals surface area (Å²) in [6.07, 6.45) is 50.7. The molecular weight excluding hydrogens is 643 g/mol. The molecule has 0 rings (SSSR count). The summed E-state index contributed by atoms with van der Waals surface area (Å²) in [5, 5.41) is 13.2. The molecule has 0 saturated carbocycles. The molecule has 0 fully saturated rings. The number of carbonyl (C=O) groups excluding carboxylic acids is 1. The number of rotatable bonds is 36. The predicted octanol–water partition coefficient (Wildman–Crippen LogP) is 12.1. The van der Waals surface area contributed by atoms with Crippen molar-refractivity contribution in [2.75, 3.05) is 5.75 Å². The van der Waals surface area contributed by atoms with Gasteiger partial charge in [0.15, 0.2) is 0 Å². The molecule has 50 heavy (non-hydrogen) atoms. The summed E-state index contributed by atoms with van der Waals surface area (Å²) in [5.74, 6) is -1.03. The third-order valence-corrected chi connectivity index (χ3v) is 9.71. The van der Waals surface area contributed by atoms with E-state index in [1.54, 1.807) is 0 Å². The van der Waals surface area contributed by atoms with Gasteiger partial charge in [-0.25, -0.2) is 0 Å². The smallest absolute Gasteiger partial charge is 0.267 e. The molecule has 0 heterocycles. The third kappa shape index (κ3) is 37.3. The molecule has 290 valence electrons. The second-order valence-electron chi connectivity index (χ2n) is 13.9. The van der Waals surface area contributed by atoms with Gasteiger partial charge in [-0.05, 0) is 64.2 Å². The molecule has 2 atom stereocenters. The number of aliphatic hydroxyl groups excluding tert-OH is 1. The Hall–Kier alpha value is -1.96. The van der Waals surface area contributed by atoms with Gasteiger partial charge < -0.3 is 10.4 Å². The van der Waals surface area contributed by atoms with E-state index >= 15 is 0 Å². The number of aliphatic hydroxyl groups is 1. The van der Waals surface area contributed by atoms with E-state index in [1.165, 1.54) is 96.0 Å². The van der Waals surface area contributed by atoms with Crippen LogP contribution in [0.25, 0.3) is 0 Å². The highest BCUT2D eigenvalue weighted by atomic mass is 32.2. The Morgan fingerprint density at radius 2 is 0.980 bits per heavy atom. The van der Waals surface area contributed by atoms with Gasteiger partial charge in [-0.15, -0.1) is 0 Å². The van der Waals surface area contributed by atoms with E-state index in [9.17, 15) is 22.9 Å². The molecular formula is C43H77NO5S. The fourth-order valence-corrected chi connectivity index (χ4v) is 6.63.